The molecule has 2 aromatic carbocycles. The minimum absolute atomic E-state index is 0.123. The highest BCUT2D eigenvalue weighted by atomic mass is 16.2. The third kappa shape index (κ3) is 4.99. The van der Waals surface area contributed by atoms with E-state index < -0.39 is 0 Å². The van der Waals surface area contributed by atoms with Crippen LogP contribution in [0.25, 0.3) is 0 Å². The van der Waals surface area contributed by atoms with Gasteiger partial charge in [0.1, 0.15) is 0 Å². The van der Waals surface area contributed by atoms with Gasteiger partial charge in [0.15, 0.2) is 0 Å². The van der Waals surface area contributed by atoms with Crippen LogP contribution in [0, 0.1) is 0 Å². The summed E-state index contributed by atoms with van der Waals surface area (Å²) in [7, 11) is 0. The molecule has 2 aromatic rings. The summed E-state index contributed by atoms with van der Waals surface area (Å²) in [6, 6.07) is 15.2. The summed E-state index contributed by atoms with van der Waals surface area (Å²) >= 11 is 0. The Balaban J connectivity index is 1.46. The molecule has 26 heavy (non-hydrogen) atoms. The number of anilines is 4. The quantitative estimate of drug-likeness (QED) is 0.746. The Morgan fingerprint density at radius 1 is 0.846 bits per heavy atom. The van der Waals surface area contributed by atoms with Crippen LogP contribution < -0.4 is 20.9 Å². The van der Waals surface area contributed by atoms with Crippen LogP contribution in [0.3, 0.4) is 0 Å². The van der Waals surface area contributed by atoms with Crippen molar-refractivity contribution in [2.24, 2.45) is 0 Å². The monoisotopic (exact) mass is 352 g/mol. The van der Waals surface area contributed by atoms with E-state index in [4.69, 9.17) is 0 Å². The highest BCUT2D eigenvalue weighted by molar-refractivity contribution is 5.94. The minimum Gasteiger partial charge on any atom is -0.376 e. The van der Waals surface area contributed by atoms with Gasteiger partial charge < -0.3 is 20.9 Å². The van der Waals surface area contributed by atoms with Crippen molar-refractivity contribution in [3.05, 3.63) is 48.5 Å². The number of carbonyl (C=O) groups excluding carboxylic acids is 2. The summed E-state index contributed by atoms with van der Waals surface area (Å²) in [5.41, 5.74) is 3.54. The Kier molecular flexibility index (Phi) is 5.73. The number of amides is 2. The predicted octanol–water partition coefficient (Wildman–Crippen LogP) is 3.30. The number of nitrogens with one attached hydrogen (secondary N) is 3. The highest BCUT2D eigenvalue weighted by Crippen LogP contribution is 2.22. The Morgan fingerprint density at radius 3 is 1.96 bits per heavy atom. The maximum absolute atomic E-state index is 12.1. The van der Waals surface area contributed by atoms with E-state index in [-0.39, 0.29) is 18.4 Å². The number of benzene rings is 2. The van der Waals surface area contributed by atoms with Gasteiger partial charge in [0.2, 0.25) is 11.8 Å². The van der Waals surface area contributed by atoms with Crippen molar-refractivity contribution in [1.82, 2.24) is 0 Å². The molecule has 6 nitrogen and oxygen atoms in total. The van der Waals surface area contributed by atoms with Crippen molar-refractivity contribution in [2.75, 3.05) is 40.5 Å². The van der Waals surface area contributed by atoms with E-state index in [1.165, 1.54) is 25.5 Å². The van der Waals surface area contributed by atoms with Crippen LogP contribution in [-0.4, -0.2) is 31.4 Å². The third-order valence-corrected chi connectivity index (χ3v) is 4.28. The lowest BCUT2D eigenvalue weighted by molar-refractivity contribution is -0.115. The third-order valence-electron chi connectivity index (χ3n) is 4.28. The van der Waals surface area contributed by atoms with Crippen molar-refractivity contribution >= 4 is 34.6 Å². The molecule has 0 unspecified atom stereocenters. The van der Waals surface area contributed by atoms with Crippen LogP contribution in [0.4, 0.5) is 22.7 Å². The number of hydrogen-bond donors (Lipinski definition) is 3. The van der Waals surface area contributed by atoms with Crippen LogP contribution >= 0.6 is 0 Å². The Hall–Kier alpha value is -3.02. The standard InChI is InChI=1S/C20H24N4O2/c1-15(25)22-17-4-6-18(7-5-17)23-20(26)14-21-16-8-10-19(11-9-16)24-12-2-3-13-24/h4-11,21H,2-3,12-14H2,1H3,(H,22,25)(H,23,26). The van der Waals surface area contributed by atoms with Crippen LogP contribution in [0.5, 0.6) is 0 Å². The van der Waals surface area contributed by atoms with Gasteiger partial charge in [-0.1, -0.05) is 0 Å². The molecule has 3 rings (SSSR count). The number of carbonyl (C=O) groups is 2. The predicted molar refractivity (Wildman–Crippen MR) is 106 cm³/mol. The van der Waals surface area contributed by atoms with Crippen molar-refractivity contribution in [2.45, 2.75) is 19.8 Å². The summed E-state index contributed by atoms with van der Waals surface area (Å²) in [5.74, 6) is -0.248. The molecule has 0 atom stereocenters. The molecule has 136 valence electrons. The normalized spacial score (nSPS) is 13.3. The number of nitrogens with zero attached hydrogens (tertiary/aromatic N) is 1. The van der Waals surface area contributed by atoms with E-state index in [1.807, 2.05) is 12.1 Å². The zero-order valence-electron chi connectivity index (χ0n) is 14.9. The zero-order valence-corrected chi connectivity index (χ0v) is 14.9. The topological polar surface area (TPSA) is 73.5 Å². The first kappa shape index (κ1) is 17.8. The lowest BCUT2D eigenvalue weighted by atomic mass is 10.2. The van der Waals surface area contributed by atoms with Crippen molar-refractivity contribution in [3.63, 3.8) is 0 Å². The van der Waals surface area contributed by atoms with Gasteiger partial charge in [0, 0.05) is 42.8 Å². The summed E-state index contributed by atoms with van der Waals surface area (Å²) < 4.78 is 0. The fourth-order valence-electron chi connectivity index (χ4n) is 2.99. The summed E-state index contributed by atoms with van der Waals surface area (Å²) in [5, 5.41) is 8.65. The molecule has 1 aliphatic rings. The summed E-state index contributed by atoms with van der Waals surface area (Å²) in [4.78, 5) is 25.4. The molecular formula is C20H24N4O2. The van der Waals surface area contributed by atoms with Crippen LogP contribution in [0.2, 0.25) is 0 Å². The molecule has 0 bridgehead atoms. The smallest absolute Gasteiger partial charge is 0.243 e. The summed E-state index contributed by atoms with van der Waals surface area (Å²) in [6.07, 6.45) is 2.51. The summed E-state index contributed by atoms with van der Waals surface area (Å²) in [6.45, 7) is 3.89. The molecule has 1 heterocycles. The fourth-order valence-corrected chi connectivity index (χ4v) is 2.99. The van der Waals surface area contributed by atoms with Gasteiger partial charge in [0.05, 0.1) is 6.54 Å². The molecule has 3 N–H and O–H groups in total. The second-order valence-corrected chi connectivity index (χ2v) is 6.40. The van der Waals surface area contributed by atoms with Crippen molar-refractivity contribution in [1.29, 1.82) is 0 Å². The Morgan fingerprint density at radius 2 is 1.38 bits per heavy atom. The first-order chi connectivity index (χ1) is 12.6. The molecule has 0 spiro atoms. The largest absolute Gasteiger partial charge is 0.376 e. The SMILES string of the molecule is CC(=O)Nc1ccc(NC(=O)CNc2ccc(N3CCCC3)cc2)cc1. The van der Waals surface area contributed by atoms with Gasteiger partial charge in [0.25, 0.3) is 0 Å². The van der Waals surface area contributed by atoms with E-state index in [2.05, 4.69) is 33.0 Å². The van der Waals surface area contributed by atoms with Crippen LogP contribution in [0.1, 0.15) is 19.8 Å². The fraction of sp³-hybridized carbons (Fsp3) is 0.300. The van der Waals surface area contributed by atoms with E-state index in [9.17, 15) is 9.59 Å². The lowest BCUT2D eigenvalue weighted by Gasteiger charge is -2.18. The molecule has 1 saturated heterocycles. The molecule has 0 aromatic heterocycles. The number of rotatable bonds is 6. The maximum atomic E-state index is 12.1. The molecule has 1 aliphatic heterocycles. The number of hydrogen-bond acceptors (Lipinski definition) is 4. The Bertz CT molecular complexity index is 750. The molecule has 1 fully saturated rings. The van der Waals surface area contributed by atoms with Gasteiger partial charge in [-0.05, 0) is 61.4 Å². The van der Waals surface area contributed by atoms with Gasteiger partial charge in [-0.25, -0.2) is 0 Å². The van der Waals surface area contributed by atoms with Gasteiger partial charge in [-0.3, -0.25) is 9.59 Å². The average molecular weight is 352 g/mol. The first-order valence-corrected chi connectivity index (χ1v) is 8.86. The molecular weight excluding hydrogens is 328 g/mol. The van der Waals surface area contributed by atoms with Gasteiger partial charge >= 0.3 is 0 Å². The molecule has 2 amide bonds. The lowest BCUT2D eigenvalue weighted by Crippen LogP contribution is -2.22. The first-order valence-electron chi connectivity index (χ1n) is 8.86. The molecule has 0 radical (unpaired) electrons. The van der Waals surface area contributed by atoms with Gasteiger partial charge in [-0.15, -0.1) is 0 Å². The molecule has 0 saturated carbocycles. The average Bonchev–Trinajstić information content (AvgIpc) is 3.16. The second kappa shape index (κ2) is 8.38. The van der Waals surface area contributed by atoms with Crippen LogP contribution in [0.15, 0.2) is 48.5 Å². The molecule has 6 heteroatoms. The van der Waals surface area contributed by atoms with E-state index in [0.717, 1.165) is 18.8 Å². The van der Waals surface area contributed by atoms with Crippen molar-refractivity contribution in [3.8, 4) is 0 Å². The zero-order chi connectivity index (χ0) is 18.4. The van der Waals surface area contributed by atoms with E-state index in [1.54, 1.807) is 24.3 Å². The van der Waals surface area contributed by atoms with E-state index in [0.29, 0.717) is 11.4 Å². The molecule has 0 aliphatic carbocycles. The minimum atomic E-state index is -0.124. The Labute approximate surface area is 153 Å². The second-order valence-electron chi connectivity index (χ2n) is 6.40. The van der Waals surface area contributed by atoms with E-state index >= 15 is 0 Å². The van der Waals surface area contributed by atoms with Crippen LogP contribution in [-0.2, 0) is 9.59 Å². The maximum Gasteiger partial charge on any atom is 0.243 e. The highest BCUT2D eigenvalue weighted by Gasteiger charge is 2.11. The van der Waals surface area contributed by atoms with Crippen molar-refractivity contribution < 1.29 is 9.59 Å². The van der Waals surface area contributed by atoms with Gasteiger partial charge in [-0.2, -0.15) is 0 Å².